The topological polar surface area (TPSA) is 57.7 Å². The third-order valence-electron chi connectivity index (χ3n) is 2.01. The monoisotopic (exact) mass is 235 g/mol. The van der Waals surface area contributed by atoms with E-state index in [-0.39, 0.29) is 0 Å². The molecule has 2 aromatic heterocycles. The standard InChI is InChI=1S/C10H13N5S/c1-15(2)9-5-3-4-8(12-9)7-16-10-6-11-14-13-10/h3-6H,7H2,1-2H3,(H,11,13,14). The summed E-state index contributed by atoms with van der Waals surface area (Å²) in [4.78, 5) is 6.51. The average molecular weight is 235 g/mol. The molecule has 0 spiro atoms. The van der Waals surface area contributed by atoms with Crippen molar-refractivity contribution in [1.82, 2.24) is 20.4 Å². The Morgan fingerprint density at radius 2 is 2.25 bits per heavy atom. The summed E-state index contributed by atoms with van der Waals surface area (Å²) < 4.78 is 0. The van der Waals surface area contributed by atoms with Crippen LogP contribution in [0.25, 0.3) is 0 Å². The first-order valence-electron chi connectivity index (χ1n) is 4.87. The van der Waals surface area contributed by atoms with Crippen LogP contribution in [0.1, 0.15) is 5.69 Å². The summed E-state index contributed by atoms with van der Waals surface area (Å²) in [7, 11) is 3.97. The molecular weight excluding hydrogens is 222 g/mol. The van der Waals surface area contributed by atoms with Crippen LogP contribution in [0.3, 0.4) is 0 Å². The third kappa shape index (κ3) is 2.73. The lowest BCUT2D eigenvalue weighted by Crippen LogP contribution is -2.10. The van der Waals surface area contributed by atoms with Gasteiger partial charge in [-0.3, -0.25) is 0 Å². The highest BCUT2D eigenvalue weighted by Crippen LogP contribution is 2.19. The van der Waals surface area contributed by atoms with E-state index in [4.69, 9.17) is 0 Å². The molecule has 0 bridgehead atoms. The molecule has 0 aliphatic rings. The second kappa shape index (κ2) is 4.98. The van der Waals surface area contributed by atoms with Gasteiger partial charge < -0.3 is 4.90 Å². The Morgan fingerprint density at radius 3 is 2.94 bits per heavy atom. The van der Waals surface area contributed by atoms with Gasteiger partial charge in [-0.1, -0.05) is 17.8 Å². The molecule has 1 N–H and O–H groups in total. The first-order chi connectivity index (χ1) is 7.75. The quantitative estimate of drug-likeness (QED) is 0.815. The molecule has 5 nitrogen and oxygen atoms in total. The summed E-state index contributed by atoms with van der Waals surface area (Å²) in [6.07, 6.45) is 1.71. The molecule has 0 atom stereocenters. The first-order valence-corrected chi connectivity index (χ1v) is 5.86. The number of pyridine rings is 1. The van der Waals surface area contributed by atoms with E-state index in [9.17, 15) is 0 Å². The summed E-state index contributed by atoms with van der Waals surface area (Å²) >= 11 is 1.61. The highest BCUT2D eigenvalue weighted by molar-refractivity contribution is 7.98. The SMILES string of the molecule is CN(C)c1cccc(CSc2cn[nH]n2)n1. The Kier molecular flexibility index (Phi) is 3.40. The molecule has 84 valence electrons. The van der Waals surface area contributed by atoms with E-state index in [0.717, 1.165) is 22.3 Å². The number of nitrogens with zero attached hydrogens (tertiary/aromatic N) is 4. The summed E-state index contributed by atoms with van der Waals surface area (Å²) in [5.41, 5.74) is 1.04. The van der Waals surface area contributed by atoms with Crippen LogP contribution < -0.4 is 4.90 Å². The predicted molar refractivity (Wildman–Crippen MR) is 64.5 cm³/mol. The molecule has 2 heterocycles. The van der Waals surface area contributed by atoms with E-state index in [1.165, 1.54) is 0 Å². The van der Waals surface area contributed by atoms with Crippen molar-refractivity contribution in [1.29, 1.82) is 0 Å². The van der Waals surface area contributed by atoms with Crippen molar-refractivity contribution in [2.24, 2.45) is 0 Å². The maximum atomic E-state index is 4.52. The minimum absolute atomic E-state index is 0.800. The van der Waals surface area contributed by atoms with Gasteiger partial charge >= 0.3 is 0 Å². The lowest BCUT2D eigenvalue weighted by atomic mass is 10.3. The zero-order valence-corrected chi connectivity index (χ0v) is 10.0. The van der Waals surface area contributed by atoms with Gasteiger partial charge in [0.15, 0.2) is 0 Å². The van der Waals surface area contributed by atoms with E-state index in [2.05, 4.69) is 20.4 Å². The number of anilines is 1. The second-order valence-corrected chi connectivity index (χ2v) is 4.47. The Bertz CT molecular complexity index is 440. The fraction of sp³-hybridized carbons (Fsp3) is 0.300. The van der Waals surface area contributed by atoms with Gasteiger partial charge in [0.05, 0.1) is 11.9 Å². The van der Waals surface area contributed by atoms with Crippen LogP contribution in [-0.2, 0) is 5.75 Å². The van der Waals surface area contributed by atoms with Gasteiger partial charge in [0, 0.05) is 19.8 Å². The molecule has 0 aliphatic carbocycles. The zero-order valence-electron chi connectivity index (χ0n) is 9.21. The molecule has 0 aromatic carbocycles. The van der Waals surface area contributed by atoms with Crippen molar-refractivity contribution in [2.75, 3.05) is 19.0 Å². The molecular formula is C10H13N5S. The summed E-state index contributed by atoms with van der Waals surface area (Å²) in [6.45, 7) is 0. The number of hydrogen-bond acceptors (Lipinski definition) is 5. The van der Waals surface area contributed by atoms with Crippen LogP contribution in [0.5, 0.6) is 0 Å². The number of thioether (sulfide) groups is 1. The van der Waals surface area contributed by atoms with Crippen LogP contribution >= 0.6 is 11.8 Å². The molecule has 16 heavy (non-hydrogen) atoms. The Balaban J connectivity index is 2.01. The highest BCUT2D eigenvalue weighted by atomic mass is 32.2. The van der Waals surface area contributed by atoms with Crippen LogP contribution in [0.4, 0.5) is 5.82 Å². The molecule has 0 saturated heterocycles. The summed E-state index contributed by atoms with van der Waals surface area (Å²) in [6, 6.07) is 6.02. The molecule has 0 saturated carbocycles. The first kappa shape index (κ1) is 10.9. The van der Waals surface area contributed by atoms with E-state index in [0.29, 0.717) is 0 Å². The lowest BCUT2D eigenvalue weighted by Gasteiger charge is -2.11. The Hall–Kier alpha value is -1.56. The zero-order chi connectivity index (χ0) is 11.4. The van der Waals surface area contributed by atoms with Crippen LogP contribution in [-0.4, -0.2) is 34.5 Å². The van der Waals surface area contributed by atoms with E-state index >= 15 is 0 Å². The van der Waals surface area contributed by atoms with Crippen molar-refractivity contribution in [3.63, 3.8) is 0 Å². The summed E-state index contributed by atoms with van der Waals surface area (Å²) in [5, 5.41) is 11.2. The predicted octanol–water partition coefficient (Wildman–Crippen LogP) is 1.56. The van der Waals surface area contributed by atoms with Gasteiger partial charge in [-0.2, -0.15) is 10.3 Å². The van der Waals surface area contributed by atoms with Crippen molar-refractivity contribution in [3.05, 3.63) is 30.1 Å². The number of H-pyrrole nitrogens is 1. The van der Waals surface area contributed by atoms with E-state index in [1.54, 1.807) is 18.0 Å². The number of hydrogen-bond donors (Lipinski definition) is 1. The minimum atomic E-state index is 0.800. The van der Waals surface area contributed by atoms with Crippen molar-refractivity contribution in [3.8, 4) is 0 Å². The molecule has 0 unspecified atom stereocenters. The largest absolute Gasteiger partial charge is 0.363 e. The van der Waals surface area contributed by atoms with Gasteiger partial charge in [-0.15, -0.1) is 5.10 Å². The van der Waals surface area contributed by atoms with Crippen LogP contribution in [0.15, 0.2) is 29.4 Å². The smallest absolute Gasteiger partial charge is 0.139 e. The lowest BCUT2D eigenvalue weighted by molar-refractivity contribution is 0.910. The van der Waals surface area contributed by atoms with Gasteiger partial charge in [-0.05, 0) is 12.1 Å². The fourth-order valence-electron chi connectivity index (χ4n) is 1.20. The molecule has 0 radical (unpaired) electrons. The van der Waals surface area contributed by atoms with Crippen molar-refractivity contribution >= 4 is 17.6 Å². The number of nitrogens with one attached hydrogen (secondary N) is 1. The Labute approximate surface area is 98.3 Å². The van der Waals surface area contributed by atoms with Gasteiger partial charge in [0.1, 0.15) is 10.8 Å². The van der Waals surface area contributed by atoms with Crippen LogP contribution in [0.2, 0.25) is 0 Å². The second-order valence-electron chi connectivity index (χ2n) is 3.48. The number of aromatic amines is 1. The molecule has 0 amide bonds. The third-order valence-corrected chi connectivity index (χ3v) is 2.94. The Morgan fingerprint density at radius 1 is 1.38 bits per heavy atom. The molecule has 2 aromatic rings. The summed E-state index contributed by atoms with van der Waals surface area (Å²) in [5.74, 6) is 1.77. The molecule has 0 fully saturated rings. The molecule has 2 rings (SSSR count). The van der Waals surface area contributed by atoms with Crippen LogP contribution in [0, 0.1) is 0 Å². The normalized spacial score (nSPS) is 10.4. The number of rotatable bonds is 4. The average Bonchev–Trinajstić information content (AvgIpc) is 2.79. The fourth-order valence-corrected chi connectivity index (χ4v) is 1.89. The maximum absolute atomic E-state index is 4.52. The van der Waals surface area contributed by atoms with Gasteiger partial charge in [-0.25, -0.2) is 4.98 Å². The van der Waals surface area contributed by atoms with Gasteiger partial charge in [0.2, 0.25) is 0 Å². The van der Waals surface area contributed by atoms with E-state index in [1.807, 2.05) is 37.2 Å². The minimum Gasteiger partial charge on any atom is -0.363 e. The van der Waals surface area contributed by atoms with Gasteiger partial charge in [0.25, 0.3) is 0 Å². The van der Waals surface area contributed by atoms with Crippen molar-refractivity contribution in [2.45, 2.75) is 10.8 Å². The van der Waals surface area contributed by atoms with Crippen molar-refractivity contribution < 1.29 is 0 Å². The molecule has 0 aliphatic heterocycles. The highest BCUT2D eigenvalue weighted by Gasteiger charge is 2.02. The molecule has 6 heteroatoms. The maximum Gasteiger partial charge on any atom is 0.139 e. The number of aromatic nitrogens is 4. The van der Waals surface area contributed by atoms with E-state index < -0.39 is 0 Å².